The van der Waals surface area contributed by atoms with Gasteiger partial charge >= 0.3 is 0 Å². The summed E-state index contributed by atoms with van der Waals surface area (Å²) in [6.07, 6.45) is 0. The molecular formula is C12H16N2O. The summed E-state index contributed by atoms with van der Waals surface area (Å²) in [6.45, 7) is 2.86. The number of nitriles is 1. The number of aliphatic hydroxyl groups is 1. The maximum Gasteiger partial charge on any atom is 0.0991 e. The third-order valence-electron chi connectivity index (χ3n) is 2.50. The lowest BCUT2D eigenvalue weighted by atomic mass is 10.1. The van der Waals surface area contributed by atoms with Crippen molar-refractivity contribution in [3.05, 3.63) is 35.4 Å². The molecule has 1 aromatic rings. The van der Waals surface area contributed by atoms with E-state index >= 15 is 0 Å². The van der Waals surface area contributed by atoms with Gasteiger partial charge < -0.3 is 5.11 Å². The molecule has 3 nitrogen and oxygen atoms in total. The van der Waals surface area contributed by atoms with E-state index in [9.17, 15) is 0 Å². The SMILES string of the molecule is CC(CO)N(C)Cc1cccc(C#N)c1. The van der Waals surface area contributed by atoms with Crippen LogP contribution in [-0.2, 0) is 6.54 Å². The fourth-order valence-corrected chi connectivity index (χ4v) is 1.32. The molecule has 0 heterocycles. The Kier molecular flexibility index (Phi) is 4.29. The normalized spacial score (nSPS) is 12.5. The number of aliphatic hydroxyl groups excluding tert-OH is 1. The molecule has 0 saturated heterocycles. The van der Waals surface area contributed by atoms with Crippen LogP contribution >= 0.6 is 0 Å². The van der Waals surface area contributed by atoms with Crippen LogP contribution in [0.2, 0.25) is 0 Å². The maximum absolute atomic E-state index is 8.99. The first-order valence-corrected chi connectivity index (χ1v) is 4.97. The molecule has 0 bridgehead atoms. The van der Waals surface area contributed by atoms with Crippen molar-refractivity contribution < 1.29 is 5.11 Å². The molecule has 15 heavy (non-hydrogen) atoms. The van der Waals surface area contributed by atoms with Crippen molar-refractivity contribution in [2.45, 2.75) is 19.5 Å². The van der Waals surface area contributed by atoms with Crippen LogP contribution in [0.25, 0.3) is 0 Å². The van der Waals surface area contributed by atoms with Crippen LogP contribution in [0.15, 0.2) is 24.3 Å². The lowest BCUT2D eigenvalue weighted by molar-refractivity contribution is 0.154. The highest BCUT2D eigenvalue weighted by molar-refractivity contribution is 5.32. The highest BCUT2D eigenvalue weighted by atomic mass is 16.3. The second-order valence-electron chi connectivity index (χ2n) is 3.76. The Balaban J connectivity index is 2.68. The summed E-state index contributed by atoms with van der Waals surface area (Å²) >= 11 is 0. The number of hydrogen-bond donors (Lipinski definition) is 1. The van der Waals surface area contributed by atoms with E-state index in [4.69, 9.17) is 10.4 Å². The molecular weight excluding hydrogens is 188 g/mol. The zero-order chi connectivity index (χ0) is 11.3. The van der Waals surface area contributed by atoms with Crippen LogP contribution in [0.3, 0.4) is 0 Å². The van der Waals surface area contributed by atoms with Crippen LogP contribution in [-0.4, -0.2) is 29.7 Å². The zero-order valence-corrected chi connectivity index (χ0v) is 9.14. The van der Waals surface area contributed by atoms with Crippen molar-refractivity contribution >= 4 is 0 Å². The van der Waals surface area contributed by atoms with E-state index in [1.165, 1.54) is 0 Å². The van der Waals surface area contributed by atoms with E-state index in [0.717, 1.165) is 12.1 Å². The first-order chi connectivity index (χ1) is 7.17. The molecule has 80 valence electrons. The van der Waals surface area contributed by atoms with E-state index in [-0.39, 0.29) is 12.6 Å². The Morgan fingerprint density at radius 2 is 2.27 bits per heavy atom. The molecule has 0 radical (unpaired) electrons. The Morgan fingerprint density at radius 3 is 2.87 bits per heavy atom. The van der Waals surface area contributed by atoms with Gasteiger partial charge in [-0.1, -0.05) is 12.1 Å². The monoisotopic (exact) mass is 204 g/mol. The van der Waals surface area contributed by atoms with Crippen LogP contribution < -0.4 is 0 Å². The molecule has 1 N–H and O–H groups in total. The standard InChI is InChI=1S/C12H16N2O/c1-10(9-15)14(2)8-12-5-3-4-11(6-12)7-13/h3-6,10,15H,8-9H2,1-2H3. The lowest BCUT2D eigenvalue weighted by Crippen LogP contribution is -2.31. The molecule has 0 fully saturated rings. The molecule has 1 atom stereocenters. The minimum Gasteiger partial charge on any atom is -0.395 e. The number of nitrogens with zero attached hydrogens (tertiary/aromatic N) is 2. The molecule has 0 saturated carbocycles. The fourth-order valence-electron chi connectivity index (χ4n) is 1.32. The van der Waals surface area contributed by atoms with Crippen LogP contribution in [0.1, 0.15) is 18.1 Å². The second-order valence-corrected chi connectivity index (χ2v) is 3.76. The Labute approximate surface area is 90.6 Å². The molecule has 0 aliphatic rings. The van der Waals surface area contributed by atoms with Crippen molar-refractivity contribution in [3.63, 3.8) is 0 Å². The van der Waals surface area contributed by atoms with Gasteiger partial charge in [0, 0.05) is 12.6 Å². The average Bonchev–Trinajstić information content (AvgIpc) is 2.28. The predicted octanol–water partition coefficient (Wildman–Crippen LogP) is 1.37. The average molecular weight is 204 g/mol. The van der Waals surface area contributed by atoms with Crippen molar-refractivity contribution in [2.24, 2.45) is 0 Å². The molecule has 1 rings (SSSR count). The highest BCUT2D eigenvalue weighted by Gasteiger charge is 2.07. The van der Waals surface area contributed by atoms with Crippen molar-refractivity contribution in [1.29, 1.82) is 5.26 Å². The number of rotatable bonds is 4. The van der Waals surface area contributed by atoms with Crippen LogP contribution in [0.4, 0.5) is 0 Å². The van der Waals surface area contributed by atoms with Gasteiger partial charge in [-0.25, -0.2) is 0 Å². The van der Waals surface area contributed by atoms with Gasteiger partial charge in [0.05, 0.1) is 18.2 Å². The van der Waals surface area contributed by atoms with E-state index in [2.05, 4.69) is 11.0 Å². The molecule has 1 aromatic carbocycles. The summed E-state index contributed by atoms with van der Waals surface area (Å²) in [4.78, 5) is 2.05. The third kappa shape index (κ3) is 3.35. The van der Waals surface area contributed by atoms with Gasteiger partial charge in [0.1, 0.15) is 0 Å². The van der Waals surface area contributed by atoms with Gasteiger partial charge in [0.2, 0.25) is 0 Å². The quantitative estimate of drug-likeness (QED) is 0.805. The molecule has 0 spiro atoms. The van der Waals surface area contributed by atoms with E-state index < -0.39 is 0 Å². The van der Waals surface area contributed by atoms with E-state index in [1.54, 1.807) is 6.07 Å². The second kappa shape index (κ2) is 5.50. The van der Waals surface area contributed by atoms with E-state index in [0.29, 0.717) is 5.56 Å². The molecule has 0 aromatic heterocycles. The van der Waals surface area contributed by atoms with Crippen molar-refractivity contribution in [1.82, 2.24) is 4.90 Å². The van der Waals surface area contributed by atoms with E-state index in [1.807, 2.05) is 32.2 Å². The first kappa shape index (κ1) is 11.7. The lowest BCUT2D eigenvalue weighted by Gasteiger charge is -2.22. The minimum atomic E-state index is 0.135. The zero-order valence-electron chi connectivity index (χ0n) is 9.14. The summed E-state index contributed by atoms with van der Waals surface area (Å²) < 4.78 is 0. The Hall–Kier alpha value is -1.37. The highest BCUT2D eigenvalue weighted by Crippen LogP contribution is 2.08. The molecule has 0 amide bonds. The van der Waals surface area contributed by atoms with Crippen molar-refractivity contribution in [3.8, 4) is 6.07 Å². The van der Waals surface area contributed by atoms with Gasteiger partial charge in [-0.2, -0.15) is 5.26 Å². The van der Waals surface area contributed by atoms with Crippen LogP contribution in [0.5, 0.6) is 0 Å². The summed E-state index contributed by atoms with van der Waals surface area (Å²) in [5, 5.41) is 17.7. The molecule has 0 aliphatic carbocycles. The predicted molar refractivity (Wildman–Crippen MR) is 59.2 cm³/mol. The summed E-state index contributed by atoms with van der Waals surface area (Å²) in [5.41, 5.74) is 1.77. The summed E-state index contributed by atoms with van der Waals surface area (Å²) in [5.74, 6) is 0. The van der Waals surface area contributed by atoms with Crippen LogP contribution in [0, 0.1) is 11.3 Å². The Morgan fingerprint density at radius 1 is 1.53 bits per heavy atom. The maximum atomic E-state index is 8.99. The number of likely N-dealkylation sites (N-methyl/N-ethyl adjacent to an activating group) is 1. The van der Waals surface area contributed by atoms with Gasteiger partial charge in [0.15, 0.2) is 0 Å². The van der Waals surface area contributed by atoms with Crippen molar-refractivity contribution in [2.75, 3.05) is 13.7 Å². The van der Waals surface area contributed by atoms with Gasteiger partial charge in [-0.3, -0.25) is 4.90 Å². The number of hydrogen-bond acceptors (Lipinski definition) is 3. The fraction of sp³-hybridized carbons (Fsp3) is 0.417. The summed E-state index contributed by atoms with van der Waals surface area (Å²) in [6, 6.07) is 9.78. The van der Waals surface area contributed by atoms with Gasteiger partial charge in [-0.15, -0.1) is 0 Å². The first-order valence-electron chi connectivity index (χ1n) is 4.97. The smallest absolute Gasteiger partial charge is 0.0991 e. The Bertz CT molecular complexity index is 357. The van der Waals surface area contributed by atoms with Gasteiger partial charge in [0.25, 0.3) is 0 Å². The minimum absolute atomic E-state index is 0.135. The third-order valence-corrected chi connectivity index (χ3v) is 2.50. The number of benzene rings is 1. The van der Waals surface area contributed by atoms with Gasteiger partial charge in [-0.05, 0) is 31.7 Å². The summed E-state index contributed by atoms with van der Waals surface area (Å²) in [7, 11) is 1.96. The molecule has 0 aliphatic heterocycles. The molecule has 3 heteroatoms. The topological polar surface area (TPSA) is 47.3 Å². The largest absolute Gasteiger partial charge is 0.395 e. The molecule has 1 unspecified atom stereocenters.